The van der Waals surface area contributed by atoms with Crippen LogP contribution in [-0.2, 0) is 19.4 Å². The van der Waals surface area contributed by atoms with E-state index in [1.165, 1.54) is 62.4 Å². The minimum absolute atomic E-state index is 0.0714. The number of carbonyl (C=O) groups is 2. The summed E-state index contributed by atoms with van der Waals surface area (Å²) in [6, 6.07) is 11.1. The maximum Gasteiger partial charge on any atom is 0.338 e. The first kappa shape index (κ1) is 20.1. The van der Waals surface area contributed by atoms with Crippen molar-refractivity contribution in [2.75, 3.05) is 0 Å². The van der Waals surface area contributed by atoms with Crippen molar-refractivity contribution in [1.29, 1.82) is 0 Å². The average Bonchev–Trinajstić information content (AvgIpc) is 2.62. The smallest absolute Gasteiger partial charge is 0.338 e. The normalized spacial score (nSPS) is 10.7. The van der Waals surface area contributed by atoms with Crippen LogP contribution in [0.5, 0.6) is 11.5 Å². The van der Waals surface area contributed by atoms with Crippen molar-refractivity contribution in [3.05, 3.63) is 72.8 Å². The fourth-order valence-electron chi connectivity index (χ4n) is 1.93. The molecule has 0 saturated carbocycles. The molecule has 0 atom stereocenters. The molecular formula is C20H18O6S. The van der Waals surface area contributed by atoms with E-state index in [-0.39, 0.29) is 32.4 Å². The Bertz CT molecular complexity index is 956. The number of rotatable bonds is 6. The van der Waals surface area contributed by atoms with E-state index in [4.69, 9.17) is 9.47 Å². The van der Waals surface area contributed by atoms with Gasteiger partial charge < -0.3 is 9.47 Å². The highest BCUT2D eigenvalue weighted by Crippen LogP contribution is 2.27. The molecule has 2 rings (SSSR count). The standard InChI is InChI=1S/C20H18O6S/c1-13(2)19(21)25-15-7-5-9-17(11-15)27(23,24)18-10-6-8-16(12-18)26-20(22)14(3)4/h5-12H,1,3H2,2,4H3. The molecule has 7 heteroatoms. The summed E-state index contributed by atoms with van der Waals surface area (Å²) in [4.78, 5) is 23.1. The van der Waals surface area contributed by atoms with Crippen LogP contribution in [0, 0.1) is 0 Å². The second kappa shape index (κ2) is 8.01. The van der Waals surface area contributed by atoms with Gasteiger partial charge in [-0.3, -0.25) is 0 Å². The Balaban J connectivity index is 2.36. The maximum atomic E-state index is 12.9. The van der Waals surface area contributed by atoms with Crippen LogP contribution in [0.4, 0.5) is 0 Å². The third kappa shape index (κ3) is 4.92. The van der Waals surface area contributed by atoms with Gasteiger partial charge in [-0.25, -0.2) is 18.0 Å². The lowest BCUT2D eigenvalue weighted by atomic mass is 10.3. The van der Waals surface area contributed by atoms with Gasteiger partial charge in [0, 0.05) is 11.1 Å². The summed E-state index contributed by atoms with van der Waals surface area (Å²) in [5.74, 6) is -1.15. The Morgan fingerprint density at radius 2 is 1.15 bits per heavy atom. The monoisotopic (exact) mass is 386 g/mol. The molecule has 0 bridgehead atoms. The number of carbonyl (C=O) groups excluding carboxylic acids is 2. The largest absolute Gasteiger partial charge is 0.423 e. The van der Waals surface area contributed by atoms with E-state index in [1.54, 1.807) is 0 Å². The topological polar surface area (TPSA) is 86.7 Å². The molecule has 0 saturated heterocycles. The average molecular weight is 386 g/mol. The third-order valence-corrected chi connectivity index (χ3v) is 5.10. The van der Waals surface area contributed by atoms with Crippen molar-refractivity contribution in [3.63, 3.8) is 0 Å². The molecular weight excluding hydrogens is 368 g/mol. The molecule has 0 amide bonds. The number of hydrogen-bond acceptors (Lipinski definition) is 6. The molecule has 6 nitrogen and oxygen atoms in total. The third-order valence-electron chi connectivity index (χ3n) is 3.35. The van der Waals surface area contributed by atoms with E-state index in [0.29, 0.717) is 0 Å². The molecule has 0 heterocycles. The van der Waals surface area contributed by atoms with Crippen molar-refractivity contribution >= 4 is 21.8 Å². The number of sulfone groups is 1. The van der Waals surface area contributed by atoms with Gasteiger partial charge in [0.1, 0.15) is 11.5 Å². The zero-order valence-electron chi connectivity index (χ0n) is 14.9. The first-order valence-electron chi connectivity index (χ1n) is 7.82. The van der Waals surface area contributed by atoms with Crippen LogP contribution in [0.1, 0.15) is 13.8 Å². The van der Waals surface area contributed by atoms with Gasteiger partial charge in [0.2, 0.25) is 9.84 Å². The van der Waals surface area contributed by atoms with Gasteiger partial charge >= 0.3 is 11.9 Å². The van der Waals surface area contributed by atoms with Gasteiger partial charge in [-0.2, -0.15) is 0 Å². The van der Waals surface area contributed by atoms with Crippen molar-refractivity contribution < 1.29 is 27.5 Å². The van der Waals surface area contributed by atoms with Crippen LogP contribution >= 0.6 is 0 Å². The first-order valence-corrected chi connectivity index (χ1v) is 9.30. The Labute approximate surface area is 157 Å². The van der Waals surface area contributed by atoms with E-state index in [1.807, 2.05) is 0 Å². The molecule has 140 valence electrons. The van der Waals surface area contributed by atoms with Crippen LogP contribution in [0.3, 0.4) is 0 Å². The molecule has 0 aliphatic rings. The summed E-state index contributed by atoms with van der Waals surface area (Å²) in [6.45, 7) is 9.92. The van der Waals surface area contributed by atoms with Crippen LogP contribution in [0.15, 0.2) is 82.6 Å². The van der Waals surface area contributed by atoms with E-state index in [0.717, 1.165) is 0 Å². The molecule has 0 aliphatic carbocycles. The van der Waals surface area contributed by atoms with Crippen LogP contribution < -0.4 is 9.47 Å². The molecule has 0 spiro atoms. The quantitative estimate of drug-likeness (QED) is 0.429. The lowest BCUT2D eigenvalue weighted by Crippen LogP contribution is -2.10. The summed E-state index contributed by atoms with van der Waals surface area (Å²) in [5, 5.41) is 0. The van der Waals surface area contributed by atoms with Gasteiger partial charge in [0.05, 0.1) is 9.79 Å². The van der Waals surface area contributed by atoms with Crippen molar-refractivity contribution in [2.45, 2.75) is 23.6 Å². The lowest BCUT2D eigenvalue weighted by molar-refractivity contribution is -0.130. The predicted molar refractivity (Wildman–Crippen MR) is 99.2 cm³/mol. The minimum atomic E-state index is -3.92. The van der Waals surface area contributed by atoms with Crippen LogP contribution in [0.2, 0.25) is 0 Å². The van der Waals surface area contributed by atoms with E-state index < -0.39 is 21.8 Å². The number of ether oxygens (including phenoxy) is 2. The van der Waals surface area contributed by atoms with Crippen molar-refractivity contribution in [3.8, 4) is 11.5 Å². The highest BCUT2D eigenvalue weighted by atomic mass is 32.2. The zero-order chi connectivity index (χ0) is 20.2. The van der Waals surface area contributed by atoms with Gasteiger partial charge in [-0.15, -0.1) is 0 Å². The molecule has 0 unspecified atom stereocenters. The van der Waals surface area contributed by atoms with Gasteiger partial charge in [0.25, 0.3) is 0 Å². The Morgan fingerprint density at radius 3 is 1.48 bits per heavy atom. The maximum absolute atomic E-state index is 12.9. The first-order chi connectivity index (χ1) is 12.6. The molecule has 2 aromatic carbocycles. The predicted octanol–water partition coefficient (Wildman–Crippen LogP) is 3.48. The van der Waals surface area contributed by atoms with Crippen LogP contribution in [0.25, 0.3) is 0 Å². The van der Waals surface area contributed by atoms with Crippen molar-refractivity contribution in [1.82, 2.24) is 0 Å². The highest BCUT2D eigenvalue weighted by molar-refractivity contribution is 7.91. The fraction of sp³-hybridized carbons (Fsp3) is 0.100. The Morgan fingerprint density at radius 1 is 0.778 bits per heavy atom. The van der Waals surface area contributed by atoms with E-state index in [9.17, 15) is 18.0 Å². The molecule has 0 N–H and O–H groups in total. The summed E-state index contributed by atoms with van der Waals surface area (Å²) in [7, 11) is -3.92. The van der Waals surface area contributed by atoms with Gasteiger partial charge in [0.15, 0.2) is 0 Å². The summed E-state index contributed by atoms with van der Waals surface area (Å²) in [5.41, 5.74) is 0.380. The Kier molecular flexibility index (Phi) is 5.97. The molecule has 0 aromatic heterocycles. The number of hydrogen-bond donors (Lipinski definition) is 0. The molecule has 2 aromatic rings. The fourth-order valence-corrected chi connectivity index (χ4v) is 3.26. The second-order valence-electron chi connectivity index (χ2n) is 5.79. The molecule has 0 fully saturated rings. The summed E-state index contributed by atoms with van der Waals surface area (Å²) >= 11 is 0. The molecule has 0 aliphatic heterocycles. The van der Waals surface area contributed by atoms with Gasteiger partial charge in [-0.05, 0) is 50.2 Å². The zero-order valence-corrected chi connectivity index (χ0v) is 15.7. The van der Waals surface area contributed by atoms with E-state index >= 15 is 0 Å². The molecule has 27 heavy (non-hydrogen) atoms. The van der Waals surface area contributed by atoms with E-state index in [2.05, 4.69) is 13.2 Å². The highest BCUT2D eigenvalue weighted by Gasteiger charge is 2.20. The second-order valence-corrected chi connectivity index (χ2v) is 7.74. The summed E-state index contributed by atoms with van der Waals surface area (Å²) < 4.78 is 35.9. The lowest BCUT2D eigenvalue weighted by Gasteiger charge is -2.09. The number of esters is 2. The van der Waals surface area contributed by atoms with Crippen LogP contribution in [-0.4, -0.2) is 20.4 Å². The Hall–Kier alpha value is -3.19. The summed E-state index contributed by atoms with van der Waals surface area (Å²) in [6.07, 6.45) is 0. The minimum Gasteiger partial charge on any atom is -0.423 e. The molecule has 0 radical (unpaired) electrons. The van der Waals surface area contributed by atoms with Gasteiger partial charge in [-0.1, -0.05) is 25.3 Å². The number of benzene rings is 2. The SMILES string of the molecule is C=C(C)C(=O)Oc1cccc(S(=O)(=O)c2cccc(OC(=O)C(=C)C)c2)c1. The van der Waals surface area contributed by atoms with Crippen molar-refractivity contribution in [2.24, 2.45) is 0 Å².